The van der Waals surface area contributed by atoms with Crippen molar-refractivity contribution >= 4 is 21.6 Å². The third-order valence-corrected chi connectivity index (χ3v) is 4.32. The van der Waals surface area contributed by atoms with E-state index in [2.05, 4.69) is 28.2 Å². The maximum atomic E-state index is 12.8. The highest BCUT2D eigenvalue weighted by Crippen LogP contribution is 2.36. The molecule has 0 spiro atoms. The smallest absolute Gasteiger partial charge is 0.385 e. The van der Waals surface area contributed by atoms with E-state index in [4.69, 9.17) is 0 Å². The Bertz CT molecular complexity index is 432. The summed E-state index contributed by atoms with van der Waals surface area (Å²) in [5.74, 6) is 0. The Hall–Kier alpha value is -0.710. The summed E-state index contributed by atoms with van der Waals surface area (Å²) in [6, 6.07) is 4.28. The predicted octanol–water partition coefficient (Wildman–Crippen LogP) is 7.02. The van der Waals surface area contributed by atoms with E-state index < -0.39 is 11.7 Å². The van der Waals surface area contributed by atoms with Gasteiger partial charge >= 0.3 is 6.18 Å². The lowest BCUT2D eigenvalue weighted by molar-refractivity contribution is -0.138. The van der Waals surface area contributed by atoms with Crippen molar-refractivity contribution in [2.75, 3.05) is 11.9 Å². The Balaban J connectivity index is 2.23. The Morgan fingerprint density at radius 3 is 2.14 bits per heavy atom. The first-order valence-corrected chi connectivity index (χ1v) is 8.85. The standard InChI is InChI=1S/C17H25BrF3N/c1-2-3-4-5-6-7-8-9-12-22-14-10-11-16(18)15(13-14)17(19,20)21/h10-11,13,22H,2-9,12H2,1H3. The number of hydrogen-bond acceptors (Lipinski definition) is 1. The molecule has 5 heteroatoms. The Morgan fingerprint density at radius 2 is 1.55 bits per heavy atom. The van der Waals surface area contributed by atoms with Crippen LogP contribution in [0.2, 0.25) is 0 Å². The average Bonchev–Trinajstić information content (AvgIpc) is 2.46. The lowest BCUT2D eigenvalue weighted by atomic mass is 10.1. The molecule has 0 saturated carbocycles. The molecule has 1 nitrogen and oxygen atoms in total. The van der Waals surface area contributed by atoms with Crippen molar-refractivity contribution < 1.29 is 13.2 Å². The van der Waals surface area contributed by atoms with Gasteiger partial charge in [-0.3, -0.25) is 0 Å². The van der Waals surface area contributed by atoms with Crippen LogP contribution in [-0.4, -0.2) is 6.54 Å². The summed E-state index contributed by atoms with van der Waals surface area (Å²) >= 11 is 2.95. The maximum Gasteiger partial charge on any atom is 0.417 e. The number of anilines is 1. The van der Waals surface area contributed by atoms with Gasteiger partial charge in [-0.25, -0.2) is 0 Å². The molecular formula is C17H25BrF3N. The minimum Gasteiger partial charge on any atom is -0.385 e. The fourth-order valence-corrected chi connectivity index (χ4v) is 2.82. The van der Waals surface area contributed by atoms with Gasteiger partial charge in [0.25, 0.3) is 0 Å². The molecule has 126 valence electrons. The van der Waals surface area contributed by atoms with Crippen LogP contribution in [0.5, 0.6) is 0 Å². The topological polar surface area (TPSA) is 12.0 Å². The lowest BCUT2D eigenvalue weighted by Crippen LogP contribution is -2.08. The van der Waals surface area contributed by atoms with E-state index in [-0.39, 0.29) is 4.47 Å². The highest BCUT2D eigenvalue weighted by atomic mass is 79.9. The summed E-state index contributed by atoms with van der Waals surface area (Å²) in [5.41, 5.74) is -0.105. The van der Waals surface area contributed by atoms with Crippen molar-refractivity contribution in [3.8, 4) is 0 Å². The monoisotopic (exact) mass is 379 g/mol. The molecule has 0 aliphatic heterocycles. The molecule has 22 heavy (non-hydrogen) atoms. The van der Waals surface area contributed by atoms with Gasteiger partial charge in [0.1, 0.15) is 0 Å². The molecule has 0 bridgehead atoms. The van der Waals surface area contributed by atoms with E-state index in [0.717, 1.165) is 18.9 Å². The Labute approximate surface area is 139 Å². The molecule has 0 heterocycles. The minimum atomic E-state index is -4.32. The van der Waals surface area contributed by atoms with Crippen molar-refractivity contribution in [1.82, 2.24) is 0 Å². The van der Waals surface area contributed by atoms with Crippen LogP contribution >= 0.6 is 15.9 Å². The van der Waals surface area contributed by atoms with Gasteiger partial charge in [-0.1, -0.05) is 67.8 Å². The summed E-state index contributed by atoms with van der Waals surface area (Å²) in [7, 11) is 0. The van der Waals surface area contributed by atoms with Crippen LogP contribution < -0.4 is 5.32 Å². The molecule has 0 aliphatic rings. The molecule has 0 atom stereocenters. The summed E-state index contributed by atoms with van der Waals surface area (Å²) < 4.78 is 38.4. The van der Waals surface area contributed by atoms with Crippen LogP contribution in [0.25, 0.3) is 0 Å². The zero-order valence-corrected chi connectivity index (χ0v) is 14.7. The molecule has 1 aromatic carbocycles. The van der Waals surface area contributed by atoms with Gasteiger partial charge in [-0.15, -0.1) is 0 Å². The summed E-state index contributed by atoms with van der Waals surface area (Å²) in [5, 5.41) is 3.07. The predicted molar refractivity (Wildman–Crippen MR) is 90.2 cm³/mol. The third kappa shape index (κ3) is 7.52. The SMILES string of the molecule is CCCCCCCCCCNc1ccc(Br)c(C(F)(F)F)c1. The highest BCUT2D eigenvalue weighted by molar-refractivity contribution is 9.10. The molecule has 0 unspecified atom stereocenters. The van der Waals surface area contributed by atoms with Crippen molar-refractivity contribution in [2.45, 2.75) is 64.5 Å². The second-order valence-electron chi connectivity index (χ2n) is 5.59. The van der Waals surface area contributed by atoms with Gasteiger partial charge in [-0.05, 0) is 24.6 Å². The molecular weight excluding hydrogens is 355 g/mol. The number of nitrogens with one attached hydrogen (secondary N) is 1. The van der Waals surface area contributed by atoms with Gasteiger partial charge in [0.15, 0.2) is 0 Å². The molecule has 1 aromatic rings. The normalized spacial score (nSPS) is 11.7. The van der Waals surface area contributed by atoms with E-state index in [1.807, 2.05) is 0 Å². The first kappa shape index (κ1) is 19.3. The molecule has 0 aromatic heterocycles. The molecule has 1 N–H and O–H groups in total. The van der Waals surface area contributed by atoms with Gasteiger partial charge in [0, 0.05) is 16.7 Å². The number of hydrogen-bond donors (Lipinski definition) is 1. The van der Waals surface area contributed by atoms with Crippen LogP contribution in [-0.2, 0) is 6.18 Å². The number of benzene rings is 1. The van der Waals surface area contributed by atoms with Gasteiger partial charge in [0.2, 0.25) is 0 Å². The number of rotatable bonds is 10. The Kier molecular flexibility index (Phi) is 8.91. The maximum absolute atomic E-state index is 12.8. The molecule has 0 aliphatic carbocycles. The van der Waals surface area contributed by atoms with E-state index in [1.54, 1.807) is 6.07 Å². The van der Waals surface area contributed by atoms with Crippen molar-refractivity contribution in [3.63, 3.8) is 0 Å². The van der Waals surface area contributed by atoms with Crippen LogP contribution in [0.1, 0.15) is 63.9 Å². The molecule has 0 radical (unpaired) electrons. The van der Waals surface area contributed by atoms with Crippen LogP contribution in [0, 0.1) is 0 Å². The third-order valence-electron chi connectivity index (χ3n) is 3.63. The largest absolute Gasteiger partial charge is 0.417 e. The molecule has 0 amide bonds. The van der Waals surface area contributed by atoms with Crippen LogP contribution in [0.3, 0.4) is 0 Å². The van der Waals surface area contributed by atoms with E-state index in [0.29, 0.717) is 12.2 Å². The van der Waals surface area contributed by atoms with E-state index in [9.17, 15) is 13.2 Å². The second kappa shape index (κ2) is 10.1. The van der Waals surface area contributed by atoms with Gasteiger partial charge < -0.3 is 5.32 Å². The number of alkyl halides is 3. The Morgan fingerprint density at radius 1 is 0.955 bits per heavy atom. The fourth-order valence-electron chi connectivity index (χ4n) is 2.34. The van der Waals surface area contributed by atoms with Gasteiger partial charge in [0.05, 0.1) is 5.56 Å². The quantitative estimate of drug-likeness (QED) is 0.430. The van der Waals surface area contributed by atoms with Gasteiger partial charge in [-0.2, -0.15) is 13.2 Å². The lowest BCUT2D eigenvalue weighted by Gasteiger charge is -2.12. The fraction of sp³-hybridized carbons (Fsp3) is 0.647. The second-order valence-corrected chi connectivity index (χ2v) is 6.45. The molecule has 1 rings (SSSR count). The van der Waals surface area contributed by atoms with Crippen molar-refractivity contribution in [1.29, 1.82) is 0 Å². The summed E-state index contributed by atoms with van der Waals surface area (Å²) in [4.78, 5) is 0. The average molecular weight is 380 g/mol. The van der Waals surface area contributed by atoms with E-state index in [1.165, 1.54) is 44.6 Å². The van der Waals surface area contributed by atoms with Crippen LogP contribution in [0.4, 0.5) is 18.9 Å². The number of unbranched alkanes of at least 4 members (excludes halogenated alkanes) is 7. The van der Waals surface area contributed by atoms with Crippen LogP contribution in [0.15, 0.2) is 22.7 Å². The van der Waals surface area contributed by atoms with Crippen molar-refractivity contribution in [2.24, 2.45) is 0 Å². The highest BCUT2D eigenvalue weighted by Gasteiger charge is 2.33. The minimum absolute atomic E-state index is 0.0811. The van der Waals surface area contributed by atoms with Crippen molar-refractivity contribution in [3.05, 3.63) is 28.2 Å². The first-order valence-electron chi connectivity index (χ1n) is 8.05. The summed E-state index contributed by atoms with van der Waals surface area (Å²) in [6.07, 6.45) is 5.44. The van der Waals surface area contributed by atoms with E-state index >= 15 is 0 Å². The summed E-state index contributed by atoms with van der Waals surface area (Å²) in [6.45, 7) is 2.92. The zero-order valence-electron chi connectivity index (χ0n) is 13.1. The molecule has 0 fully saturated rings. The first-order chi connectivity index (χ1) is 10.4. The zero-order chi connectivity index (χ0) is 16.4. The number of halogens is 4. The molecule has 0 saturated heterocycles.